The lowest BCUT2D eigenvalue weighted by atomic mass is 10.1. The highest BCUT2D eigenvalue weighted by Crippen LogP contribution is 2.28. The Morgan fingerprint density at radius 1 is 1.46 bits per heavy atom. The van der Waals surface area contributed by atoms with E-state index in [1.54, 1.807) is 22.0 Å². The number of benzene rings is 1. The summed E-state index contributed by atoms with van der Waals surface area (Å²) in [5, 5.41) is 20.1. The van der Waals surface area contributed by atoms with Crippen molar-refractivity contribution in [3.05, 3.63) is 30.6 Å². The molecule has 1 unspecified atom stereocenters. The van der Waals surface area contributed by atoms with Crippen molar-refractivity contribution in [2.24, 2.45) is 5.92 Å². The first-order valence-electron chi connectivity index (χ1n) is 7.46. The van der Waals surface area contributed by atoms with Gasteiger partial charge in [0.25, 0.3) is 0 Å². The number of hydrogen-bond acceptors (Lipinski definition) is 7. The predicted octanol–water partition coefficient (Wildman–Crippen LogP) is 1.62. The highest BCUT2D eigenvalue weighted by atomic mass is 32.1. The number of anilines is 1. The summed E-state index contributed by atoms with van der Waals surface area (Å²) in [5.74, 6) is -0.245. The number of aromatic nitrogens is 4. The van der Waals surface area contributed by atoms with Crippen LogP contribution in [0.15, 0.2) is 30.6 Å². The molecular formula is C15H13N7OS. The van der Waals surface area contributed by atoms with E-state index in [9.17, 15) is 4.79 Å². The van der Waals surface area contributed by atoms with E-state index in [2.05, 4.69) is 26.8 Å². The van der Waals surface area contributed by atoms with Crippen LogP contribution in [0.5, 0.6) is 0 Å². The molecule has 1 atom stereocenters. The first kappa shape index (κ1) is 14.6. The van der Waals surface area contributed by atoms with Crippen LogP contribution in [0.1, 0.15) is 6.42 Å². The van der Waals surface area contributed by atoms with Crippen molar-refractivity contribution in [2.75, 3.05) is 18.4 Å². The number of thiazole rings is 1. The molecule has 0 spiro atoms. The van der Waals surface area contributed by atoms with Gasteiger partial charge in [-0.15, -0.1) is 5.10 Å². The second-order valence-electron chi connectivity index (χ2n) is 5.54. The maximum Gasteiger partial charge on any atom is 0.231 e. The van der Waals surface area contributed by atoms with Crippen molar-refractivity contribution in [1.29, 1.82) is 5.26 Å². The van der Waals surface area contributed by atoms with Crippen LogP contribution in [0.2, 0.25) is 0 Å². The summed E-state index contributed by atoms with van der Waals surface area (Å²) in [6.45, 7) is 1.11. The van der Waals surface area contributed by atoms with Gasteiger partial charge >= 0.3 is 0 Å². The van der Waals surface area contributed by atoms with Crippen LogP contribution in [0.3, 0.4) is 0 Å². The van der Waals surface area contributed by atoms with Crippen LogP contribution < -0.4 is 5.32 Å². The van der Waals surface area contributed by atoms with E-state index >= 15 is 0 Å². The predicted molar refractivity (Wildman–Crippen MR) is 88.5 cm³/mol. The molecule has 1 aliphatic rings. The quantitative estimate of drug-likeness (QED) is 0.728. The van der Waals surface area contributed by atoms with E-state index in [1.807, 2.05) is 18.2 Å². The van der Waals surface area contributed by atoms with Crippen molar-refractivity contribution >= 4 is 32.6 Å². The Morgan fingerprint density at radius 2 is 2.38 bits per heavy atom. The summed E-state index contributed by atoms with van der Waals surface area (Å²) in [6, 6.07) is 5.76. The zero-order chi connectivity index (χ0) is 16.5. The standard InChI is InChI=1S/C15H13N7OS/c16-9-21-5-3-10(8-21)14(23)19-15-18-12-2-1-11(7-13(12)24-15)22-6-4-17-20-22/h1-2,4,6-7,10H,3,5,8H2,(H,18,19,23). The number of nitrogens with one attached hydrogen (secondary N) is 1. The molecule has 0 saturated carbocycles. The third kappa shape index (κ3) is 2.68. The molecule has 1 aliphatic heterocycles. The van der Waals surface area contributed by atoms with Gasteiger partial charge in [0.05, 0.1) is 34.2 Å². The Morgan fingerprint density at radius 3 is 3.12 bits per heavy atom. The number of likely N-dealkylation sites (tertiary alicyclic amines) is 1. The maximum absolute atomic E-state index is 12.3. The van der Waals surface area contributed by atoms with Crippen molar-refractivity contribution in [3.63, 3.8) is 0 Å². The normalized spacial score (nSPS) is 17.1. The third-order valence-electron chi connectivity index (χ3n) is 3.99. The summed E-state index contributed by atoms with van der Waals surface area (Å²) in [4.78, 5) is 18.4. The lowest BCUT2D eigenvalue weighted by Crippen LogP contribution is -2.25. The minimum Gasteiger partial charge on any atom is -0.310 e. The highest BCUT2D eigenvalue weighted by Gasteiger charge is 2.28. The van der Waals surface area contributed by atoms with Crippen LogP contribution >= 0.6 is 11.3 Å². The van der Waals surface area contributed by atoms with Crippen molar-refractivity contribution in [1.82, 2.24) is 24.9 Å². The Bertz CT molecular complexity index is 927. The largest absolute Gasteiger partial charge is 0.310 e. The Balaban J connectivity index is 1.53. The molecule has 0 bridgehead atoms. The lowest BCUT2D eigenvalue weighted by molar-refractivity contribution is -0.119. The van der Waals surface area contributed by atoms with Gasteiger partial charge in [-0.3, -0.25) is 4.79 Å². The van der Waals surface area contributed by atoms with Crippen molar-refractivity contribution in [2.45, 2.75) is 6.42 Å². The molecule has 120 valence electrons. The molecule has 8 nitrogen and oxygen atoms in total. The number of fused-ring (bicyclic) bond motifs is 1. The molecule has 1 fully saturated rings. The molecule has 0 aliphatic carbocycles. The fourth-order valence-electron chi connectivity index (χ4n) is 2.73. The lowest BCUT2D eigenvalue weighted by Gasteiger charge is -2.08. The molecule has 1 amide bonds. The summed E-state index contributed by atoms with van der Waals surface area (Å²) in [7, 11) is 0. The molecule has 1 aromatic carbocycles. The second-order valence-corrected chi connectivity index (χ2v) is 6.57. The van der Waals surface area contributed by atoms with E-state index < -0.39 is 0 Å². The number of carbonyl (C=O) groups is 1. The monoisotopic (exact) mass is 339 g/mol. The zero-order valence-corrected chi connectivity index (χ0v) is 13.4. The van der Waals surface area contributed by atoms with Gasteiger partial charge in [0.15, 0.2) is 11.3 Å². The van der Waals surface area contributed by atoms with Crippen LogP contribution in [-0.4, -0.2) is 43.9 Å². The molecule has 2 aromatic heterocycles. The number of rotatable bonds is 3. The SMILES string of the molecule is N#CN1CCC(C(=O)Nc2nc3ccc(-n4ccnn4)cc3s2)C1. The number of amides is 1. The van der Waals surface area contributed by atoms with E-state index in [0.29, 0.717) is 24.6 Å². The van der Waals surface area contributed by atoms with Gasteiger partial charge in [-0.25, -0.2) is 9.67 Å². The average Bonchev–Trinajstić information content (AvgIpc) is 3.33. The molecule has 4 rings (SSSR count). The van der Waals surface area contributed by atoms with Crippen LogP contribution in [0.4, 0.5) is 5.13 Å². The molecule has 24 heavy (non-hydrogen) atoms. The minimum absolute atomic E-state index is 0.0803. The van der Waals surface area contributed by atoms with Gasteiger partial charge < -0.3 is 10.2 Å². The molecule has 3 heterocycles. The van der Waals surface area contributed by atoms with Crippen LogP contribution in [-0.2, 0) is 4.79 Å². The molecule has 1 N–H and O–H groups in total. The number of hydrogen-bond donors (Lipinski definition) is 1. The highest BCUT2D eigenvalue weighted by molar-refractivity contribution is 7.22. The van der Waals surface area contributed by atoms with Gasteiger partial charge in [0.2, 0.25) is 5.91 Å². The molecule has 0 radical (unpaired) electrons. The van der Waals surface area contributed by atoms with Crippen molar-refractivity contribution < 1.29 is 4.79 Å². The average molecular weight is 339 g/mol. The van der Waals surface area contributed by atoms with E-state index in [1.165, 1.54) is 11.3 Å². The van der Waals surface area contributed by atoms with Gasteiger partial charge in [-0.2, -0.15) is 5.26 Å². The smallest absolute Gasteiger partial charge is 0.231 e. The van der Waals surface area contributed by atoms with E-state index in [0.717, 1.165) is 15.9 Å². The Kier molecular flexibility index (Phi) is 3.59. The zero-order valence-electron chi connectivity index (χ0n) is 12.6. The summed E-state index contributed by atoms with van der Waals surface area (Å²) in [5.41, 5.74) is 1.71. The molecular weight excluding hydrogens is 326 g/mol. The first-order chi connectivity index (χ1) is 11.7. The summed E-state index contributed by atoms with van der Waals surface area (Å²) in [6.07, 6.45) is 6.17. The topological polar surface area (TPSA) is 99.7 Å². The number of nitrogens with zero attached hydrogens (tertiary/aromatic N) is 6. The van der Waals surface area contributed by atoms with Gasteiger partial charge in [-0.05, 0) is 24.6 Å². The third-order valence-corrected chi connectivity index (χ3v) is 4.92. The van der Waals surface area contributed by atoms with E-state index in [-0.39, 0.29) is 11.8 Å². The second kappa shape index (κ2) is 5.90. The molecule has 1 saturated heterocycles. The number of carbonyl (C=O) groups excluding carboxylic acids is 1. The van der Waals surface area contributed by atoms with Crippen LogP contribution in [0.25, 0.3) is 15.9 Å². The molecule has 3 aromatic rings. The van der Waals surface area contributed by atoms with Crippen LogP contribution in [0, 0.1) is 17.4 Å². The van der Waals surface area contributed by atoms with E-state index in [4.69, 9.17) is 5.26 Å². The summed E-state index contributed by atoms with van der Waals surface area (Å²) >= 11 is 1.42. The fourth-order valence-corrected chi connectivity index (χ4v) is 3.63. The fraction of sp³-hybridized carbons (Fsp3) is 0.267. The minimum atomic E-state index is -0.164. The van der Waals surface area contributed by atoms with Crippen molar-refractivity contribution in [3.8, 4) is 11.9 Å². The Hall–Kier alpha value is -2.99. The van der Waals surface area contributed by atoms with Gasteiger partial charge in [-0.1, -0.05) is 16.6 Å². The maximum atomic E-state index is 12.3. The van der Waals surface area contributed by atoms with Gasteiger partial charge in [0, 0.05) is 13.1 Å². The molecule has 9 heteroatoms. The Labute approximate surface area is 141 Å². The first-order valence-corrected chi connectivity index (χ1v) is 8.27. The number of nitriles is 1. The summed E-state index contributed by atoms with van der Waals surface area (Å²) < 4.78 is 2.63. The van der Waals surface area contributed by atoms with Gasteiger partial charge in [0.1, 0.15) is 0 Å².